The third-order valence-electron chi connectivity index (χ3n) is 5.52. The van der Waals surface area contributed by atoms with E-state index in [1.54, 1.807) is 24.3 Å². The SMILES string of the molecule is NC(O)[C@H](CS)N(CCN1CCOCC1)S(=O)(=O)c1ccc(NC(=O)c2ccc(Br)cc2)cc1. The zero-order valence-electron chi connectivity index (χ0n) is 18.5. The van der Waals surface area contributed by atoms with Crippen LogP contribution in [0.25, 0.3) is 0 Å². The number of nitrogens with one attached hydrogen (secondary N) is 1. The van der Waals surface area contributed by atoms with Crippen LogP contribution in [0.1, 0.15) is 10.4 Å². The van der Waals surface area contributed by atoms with Crippen LogP contribution >= 0.6 is 28.6 Å². The van der Waals surface area contributed by atoms with Crippen LogP contribution in [0, 0.1) is 0 Å². The monoisotopic (exact) mass is 572 g/mol. The lowest BCUT2D eigenvalue weighted by molar-refractivity contribution is 0.0323. The van der Waals surface area contributed by atoms with Crippen molar-refractivity contribution in [3.05, 3.63) is 58.6 Å². The molecule has 0 saturated carbocycles. The lowest BCUT2D eigenvalue weighted by Gasteiger charge is -2.34. The maximum atomic E-state index is 13.5. The molecule has 0 bridgehead atoms. The number of hydrogen-bond donors (Lipinski definition) is 4. The number of morpholine rings is 1. The Labute approximate surface area is 213 Å². The Kier molecular flexibility index (Phi) is 9.92. The Bertz CT molecular complexity index is 1050. The zero-order chi connectivity index (χ0) is 24.7. The van der Waals surface area contributed by atoms with Crippen LogP contribution < -0.4 is 11.1 Å². The normalized spacial score (nSPS) is 16.9. The van der Waals surface area contributed by atoms with Crippen molar-refractivity contribution in [1.82, 2.24) is 9.21 Å². The van der Waals surface area contributed by atoms with E-state index in [0.717, 1.165) is 4.47 Å². The number of carbonyl (C=O) groups excluding carboxylic acids is 1. The quantitative estimate of drug-likeness (QED) is 0.252. The fraction of sp³-hybridized carbons (Fsp3) is 0.409. The van der Waals surface area contributed by atoms with Gasteiger partial charge in [-0.2, -0.15) is 16.9 Å². The van der Waals surface area contributed by atoms with Gasteiger partial charge in [0.2, 0.25) is 10.0 Å². The molecule has 1 saturated heterocycles. The summed E-state index contributed by atoms with van der Waals surface area (Å²) in [5.41, 5.74) is 6.62. The summed E-state index contributed by atoms with van der Waals surface area (Å²) < 4.78 is 34.4. The van der Waals surface area contributed by atoms with Gasteiger partial charge in [0.25, 0.3) is 5.91 Å². The molecular weight excluding hydrogens is 544 g/mol. The van der Waals surface area contributed by atoms with Crippen LogP contribution in [-0.2, 0) is 14.8 Å². The van der Waals surface area contributed by atoms with Crippen molar-refractivity contribution in [1.29, 1.82) is 0 Å². The van der Waals surface area contributed by atoms with Crippen LogP contribution in [0.3, 0.4) is 0 Å². The third-order valence-corrected chi connectivity index (χ3v) is 8.36. The Morgan fingerprint density at radius 1 is 1.18 bits per heavy atom. The third kappa shape index (κ3) is 7.01. The number of hydrogen-bond acceptors (Lipinski definition) is 8. The van der Waals surface area contributed by atoms with Crippen LogP contribution in [0.5, 0.6) is 0 Å². The molecule has 2 aromatic rings. The van der Waals surface area contributed by atoms with Gasteiger partial charge in [0, 0.05) is 47.7 Å². The number of rotatable bonds is 10. The summed E-state index contributed by atoms with van der Waals surface area (Å²) in [5, 5.41) is 12.8. The van der Waals surface area contributed by atoms with Gasteiger partial charge in [-0.1, -0.05) is 15.9 Å². The summed E-state index contributed by atoms with van der Waals surface area (Å²) in [4.78, 5) is 14.6. The van der Waals surface area contributed by atoms with Crippen LogP contribution in [0.4, 0.5) is 5.69 Å². The highest BCUT2D eigenvalue weighted by Crippen LogP contribution is 2.22. The zero-order valence-corrected chi connectivity index (χ0v) is 21.8. The number of anilines is 1. The first kappa shape index (κ1) is 27.1. The second-order valence-corrected chi connectivity index (χ2v) is 11.0. The first-order valence-electron chi connectivity index (χ1n) is 10.8. The number of sulfonamides is 1. The van der Waals surface area contributed by atoms with E-state index in [-0.39, 0.29) is 23.1 Å². The van der Waals surface area contributed by atoms with Gasteiger partial charge >= 0.3 is 0 Å². The number of carbonyl (C=O) groups is 1. The average Bonchev–Trinajstić information content (AvgIpc) is 2.82. The minimum atomic E-state index is -3.99. The Hall–Kier alpha value is -1.51. The fourth-order valence-corrected chi connectivity index (χ4v) is 5.97. The highest BCUT2D eigenvalue weighted by atomic mass is 79.9. The average molecular weight is 574 g/mol. The number of nitrogens with two attached hydrogens (primary N) is 1. The number of thiol groups is 1. The number of halogens is 1. The highest BCUT2D eigenvalue weighted by molar-refractivity contribution is 9.10. The van der Waals surface area contributed by atoms with Gasteiger partial charge < -0.3 is 20.9 Å². The van der Waals surface area contributed by atoms with E-state index in [4.69, 9.17) is 10.5 Å². The molecule has 0 aromatic heterocycles. The molecular formula is C22H29BrN4O5S2. The van der Waals surface area contributed by atoms with Gasteiger partial charge in [-0.3, -0.25) is 9.69 Å². The van der Waals surface area contributed by atoms with Crippen molar-refractivity contribution < 1.29 is 23.1 Å². The first-order valence-corrected chi connectivity index (χ1v) is 13.6. The molecule has 9 nitrogen and oxygen atoms in total. The van der Waals surface area contributed by atoms with E-state index in [9.17, 15) is 18.3 Å². The minimum absolute atomic E-state index is 0.0311. The van der Waals surface area contributed by atoms with Gasteiger partial charge in [0.05, 0.1) is 24.2 Å². The molecule has 1 fully saturated rings. The number of amides is 1. The summed E-state index contributed by atoms with van der Waals surface area (Å²) in [6.07, 6.45) is -1.39. The molecule has 3 rings (SSSR count). The molecule has 186 valence electrons. The minimum Gasteiger partial charge on any atom is -0.379 e. The van der Waals surface area contributed by atoms with E-state index in [2.05, 4.69) is 38.8 Å². The molecule has 0 spiro atoms. The second kappa shape index (κ2) is 12.5. The van der Waals surface area contributed by atoms with Gasteiger partial charge in [-0.25, -0.2) is 8.42 Å². The standard InChI is InChI=1S/C22H29BrN4O5S2/c23-17-3-1-16(2-4-17)22(29)25-18-5-7-19(8-6-18)34(30,31)27(20(15-33)21(24)28)10-9-26-11-13-32-14-12-26/h1-8,20-21,28,33H,9-15,24H2,(H,25,29)/t20-,21?/m0/s1. The number of nitrogens with zero attached hydrogens (tertiary/aromatic N) is 2. The number of benzene rings is 2. The maximum Gasteiger partial charge on any atom is 0.255 e. The molecule has 1 aliphatic rings. The number of ether oxygens (including phenoxy) is 1. The van der Waals surface area contributed by atoms with Crippen molar-refractivity contribution in [3.63, 3.8) is 0 Å². The molecule has 0 radical (unpaired) electrons. The Morgan fingerprint density at radius 2 is 1.79 bits per heavy atom. The molecule has 1 unspecified atom stereocenters. The molecule has 2 aromatic carbocycles. The summed E-state index contributed by atoms with van der Waals surface area (Å²) in [6, 6.07) is 11.9. The number of aliphatic hydroxyl groups is 1. The van der Waals surface area contributed by atoms with Crippen molar-refractivity contribution in [2.24, 2.45) is 5.73 Å². The van der Waals surface area contributed by atoms with Crippen molar-refractivity contribution in [3.8, 4) is 0 Å². The van der Waals surface area contributed by atoms with Crippen LogP contribution in [0.15, 0.2) is 57.9 Å². The topological polar surface area (TPSA) is 125 Å². The predicted molar refractivity (Wildman–Crippen MR) is 138 cm³/mol. The Balaban J connectivity index is 1.76. The van der Waals surface area contributed by atoms with E-state index < -0.39 is 22.3 Å². The van der Waals surface area contributed by atoms with Crippen molar-refractivity contribution in [2.75, 3.05) is 50.5 Å². The molecule has 2 atom stereocenters. The van der Waals surface area contributed by atoms with Gasteiger partial charge in [-0.05, 0) is 48.5 Å². The summed E-state index contributed by atoms with van der Waals surface area (Å²) >= 11 is 7.55. The summed E-state index contributed by atoms with van der Waals surface area (Å²) in [7, 11) is -3.99. The summed E-state index contributed by atoms with van der Waals surface area (Å²) in [5.74, 6) is -0.252. The lowest BCUT2D eigenvalue weighted by Crippen LogP contribution is -2.54. The van der Waals surface area contributed by atoms with Crippen molar-refractivity contribution >= 4 is 50.2 Å². The molecule has 1 heterocycles. The molecule has 1 aliphatic heterocycles. The van der Waals surface area contributed by atoms with Crippen LogP contribution in [0.2, 0.25) is 0 Å². The molecule has 4 N–H and O–H groups in total. The maximum absolute atomic E-state index is 13.5. The van der Waals surface area contributed by atoms with Crippen LogP contribution in [-0.4, -0.2) is 86.1 Å². The summed E-state index contributed by atoms with van der Waals surface area (Å²) in [6.45, 7) is 3.21. The second-order valence-electron chi connectivity index (χ2n) is 7.80. The fourth-order valence-electron chi connectivity index (χ4n) is 3.55. The van der Waals surface area contributed by atoms with E-state index in [0.29, 0.717) is 44.1 Å². The van der Waals surface area contributed by atoms with E-state index in [1.165, 1.54) is 28.6 Å². The largest absolute Gasteiger partial charge is 0.379 e. The molecule has 34 heavy (non-hydrogen) atoms. The molecule has 12 heteroatoms. The van der Waals surface area contributed by atoms with E-state index >= 15 is 0 Å². The first-order chi connectivity index (χ1) is 16.2. The highest BCUT2D eigenvalue weighted by Gasteiger charge is 2.34. The van der Waals surface area contributed by atoms with Crippen molar-refractivity contribution in [2.45, 2.75) is 17.2 Å². The smallest absolute Gasteiger partial charge is 0.255 e. The molecule has 0 aliphatic carbocycles. The lowest BCUT2D eigenvalue weighted by atomic mass is 10.2. The number of aliphatic hydroxyl groups excluding tert-OH is 1. The van der Waals surface area contributed by atoms with Gasteiger partial charge in [0.1, 0.15) is 6.23 Å². The van der Waals surface area contributed by atoms with E-state index in [1.807, 2.05) is 0 Å². The predicted octanol–water partition coefficient (Wildman–Crippen LogP) is 1.60. The van der Waals surface area contributed by atoms with Gasteiger partial charge in [0.15, 0.2) is 0 Å². The van der Waals surface area contributed by atoms with Gasteiger partial charge in [-0.15, -0.1) is 0 Å². The Morgan fingerprint density at radius 3 is 2.35 bits per heavy atom. The molecule has 1 amide bonds.